The highest BCUT2D eigenvalue weighted by molar-refractivity contribution is 9.28. The lowest BCUT2D eigenvalue weighted by Gasteiger charge is -2.25. The van der Waals surface area contributed by atoms with Gasteiger partial charge in [0, 0.05) is 30.7 Å². The van der Waals surface area contributed by atoms with E-state index >= 15 is 0 Å². The van der Waals surface area contributed by atoms with Crippen LogP contribution in [0.25, 0.3) is 23.3 Å². The predicted molar refractivity (Wildman–Crippen MR) is 131 cm³/mol. The number of allylic oxidation sites excluding steroid dienone is 2. The van der Waals surface area contributed by atoms with Gasteiger partial charge in [-0.05, 0) is 113 Å². The fraction of sp³-hybridized carbons (Fsp3) is 0.263. The summed E-state index contributed by atoms with van der Waals surface area (Å²) in [6, 6.07) is 2.45. The number of hydrogen-bond acceptors (Lipinski definition) is 2. The van der Waals surface area contributed by atoms with Crippen molar-refractivity contribution in [2.24, 2.45) is 0 Å². The van der Waals surface area contributed by atoms with E-state index < -0.39 is 28.9 Å². The first-order valence-electron chi connectivity index (χ1n) is 8.27. The number of aryl methyl sites for hydroxylation is 2. The van der Waals surface area contributed by atoms with Crippen LogP contribution in [0.1, 0.15) is 30.6 Å². The van der Waals surface area contributed by atoms with Crippen LogP contribution in [0.15, 0.2) is 18.9 Å². The zero-order valence-electron chi connectivity index (χ0n) is 15.4. The summed E-state index contributed by atoms with van der Waals surface area (Å²) in [7, 11) is 0. The summed E-state index contributed by atoms with van der Waals surface area (Å²) in [5, 5.41) is 0. The Hall–Kier alpha value is 0.120. The number of thiophene rings is 2. The smallest absolute Gasteiger partial charge is 0.194 e. The maximum absolute atomic E-state index is 15.0. The minimum Gasteiger partial charge on any atom is -0.194 e. The largest absolute Gasteiger partial charge is 0.380 e. The molecule has 2 heterocycles. The average molecular weight is 736 g/mol. The molecule has 0 unspecified atom stereocenters. The molecule has 2 aromatic heterocycles. The minimum absolute atomic E-state index is 0.226. The second-order valence-corrected chi connectivity index (χ2v) is 14.7. The fourth-order valence-corrected chi connectivity index (χ4v) is 6.85. The summed E-state index contributed by atoms with van der Waals surface area (Å²) in [5.41, 5.74) is -3.32. The van der Waals surface area contributed by atoms with Gasteiger partial charge in [0.25, 0.3) is 0 Å². The Morgan fingerprint density at radius 2 is 1.03 bits per heavy atom. The van der Waals surface area contributed by atoms with Crippen LogP contribution in [0.5, 0.6) is 0 Å². The van der Waals surface area contributed by atoms with Gasteiger partial charge in [-0.2, -0.15) is 26.3 Å². The van der Waals surface area contributed by atoms with Crippen LogP contribution in [-0.2, 0) is 0 Å². The zero-order valence-corrected chi connectivity index (χ0v) is 23.4. The first-order chi connectivity index (χ1) is 14.1. The van der Waals surface area contributed by atoms with Gasteiger partial charge in [-0.1, -0.05) is 0 Å². The van der Waals surface area contributed by atoms with E-state index in [0.29, 0.717) is 16.5 Å². The zero-order chi connectivity index (χ0) is 23.5. The van der Waals surface area contributed by atoms with Crippen molar-refractivity contribution >= 4 is 110 Å². The summed E-state index contributed by atoms with van der Waals surface area (Å²) in [6.07, 6.45) is 3.05. The molecule has 0 saturated heterocycles. The van der Waals surface area contributed by atoms with E-state index in [1.807, 2.05) is 0 Å². The Bertz CT molecular complexity index is 1050. The van der Waals surface area contributed by atoms with Crippen LogP contribution >= 0.6 is 86.4 Å². The molecule has 0 fully saturated rings. The number of alkyl halides is 6. The van der Waals surface area contributed by atoms with Crippen molar-refractivity contribution in [3.63, 3.8) is 0 Å². The van der Waals surface area contributed by atoms with Crippen LogP contribution in [0.3, 0.4) is 0 Å². The lowest BCUT2D eigenvalue weighted by atomic mass is 9.95. The van der Waals surface area contributed by atoms with E-state index in [0.717, 1.165) is 22.7 Å². The van der Waals surface area contributed by atoms with Crippen LogP contribution in [0.4, 0.5) is 26.3 Å². The average Bonchev–Trinajstić information content (AvgIpc) is 3.14. The normalized spacial score (nSPS) is 19.0. The van der Waals surface area contributed by atoms with Gasteiger partial charge in [-0.25, -0.2) is 0 Å². The molecule has 2 aromatic rings. The van der Waals surface area contributed by atoms with Crippen molar-refractivity contribution in [1.82, 2.24) is 0 Å². The molecular formula is C19H10Br4F6S2. The van der Waals surface area contributed by atoms with E-state index in [-0.39, 0.29) is 20.9 Å². The van der Waals surface area contributed by atoms with Gasteiger partial charge in [-0.3, -0.25) is 0 Å². The molecule has 0 amide bonds. The topological polar surface area (TPSA) is 0 Å². The lowest BCUT2D eigenvalue weighted by molar-refractivity contribution is -0.254. The molecule has 0 aromatic carbocycles. The molecule has 0 saturated carbocycles. The molecule has 0 spiro atoms. The molecule has 0 nitrogen and oxygen atoms in total. The van der Waals surface area contributed by atoms with Gasteiger partial charge >= 0.3 is 17.8 Å². The second-order valence-electron chi connectivity index (χ2n) is 6.58. The first-order valence-corrected chi connectivity index (χ1v) is 13.1. The van der Waals surface area contributed by atoms with Crippen molar-refractivity contribution in [3.05, 3.63) is 49.6 Å². The Morgan fingerprint density at radius 1 is 0.710 bits per heavy atom. The molecule has 3 rings (SSSR count). The predicted octanol–water partition coefficient (Wildman–Crippen LogP) is 10.4. The van der Waals surface area contributed by atoms with E-state index in [1.165, 1.54) is 38.1 Å². The van der Waals surface area contributed by atoms with Gasteiger partial charge in [0.15, 0.2) is 0 Å². The van der Waals surface area contributed by atoms with Crippen molar-refractivity contribution in [2.45, 2.75) is 31.6 Å². The highest BCUT2D eigenvalue weighted by Crippen LogP contribution is 2.65. The Labute approximate surface area is 215 Å². The van der Waals surface area contributed by atoms with Crippen molar-refractivity contribution in [2.75, 3.05) is 0 Å². The maximum atomic E-state index is 15.0. The van der Waals surface area contributed by atoms with Crippen LogP contribution in [0.2, 0.25) is 0 Å². The molecule has 0 N–H and O–H groups in total. The fourth-order valence-electron chi connectivity index (χ4n) is 3.30. The Morgan fingerprint density at radius 3 is 1.32 bits per heavy atom. The van der Waals surface area contributed by atoms with Gasteiger partial charge in [0.05, 0.1) is 6.78 Å². The van der Waals surface area contributed by atoms with Crippen LogP contribution < -0.4 is 0 Å². The summed E-state index contributed by atoms with van der Waals surface area (Å²) in [5.74, 6) is -15.7. The highest BCUT2D eigenvalue weighted by Gasteiger charge is 2.80. The molecular weight excluding hydrogens is 726 g/mol. The van der Waals surface area contributed by atoms with Gasteiger partial charge < -0.3 is 0 Å². The molecule has 0 radical (unpaired) electrons. The van der Waals surface area contributed by atoms with Gasteiger partial charge in [0.1, 0.15) is 0 Å². The summed E-state index contributed by atoms with van der Waals surface area (Å²) < 4.78 is 89.8. The summed E-state index contributed by atoms with van der Waals surface area (Å²) in [6.45, 7) is 2.87. The van der Waals surface area contributed by atoms with E-state index in [4.69, 9.17) is 0 Å². The monoisotopic (exact) mass is 732 g/mol. The van der Waals surface area contributed by atoms with Crippen molar-refractivity contribution < 1.29 is 26.3 Å². The molecule has 0 atom stereocenters. The summed E-state index contributed by atoms with van der Waals surface area (Å²) in [4.78, 5) is 1.33. The SMILES string of the molecule is Cc1sc(C=C(Br)Br)cc1C1=C(c2cc(C=C(Br)Br)sc2C)C(F)(F)C(F)(F)C1(F)F. The Kier molecular flexibility index (Phi) is 7.24. The van der Waals surface area contributed by atoms with Crippen LogP contribution in [-0.4, -0.2) is 17.8 Å². The third kappa shape index (κ3) is 4.34. The quantitative estimate of drug-likeness (QED) is 0.274. The molecule has 1 aliphatic carbocycles. The van der Waals surface area contributed by atoms with Crippen LogP contribution in [0, 0.1) is 13.8 Å². The molecule has 0 bridgehead atoms. The number of halogens is 10. The van der Waals surface area contributed by atoms with Crippen molar-refractivity contribution in [1.29, 1.82) is 0 Å². The maximum Gasteiger partial charge on any atom is 0.380 e. The van der Waals surface area contributed by atoms with E-state index in [2.05, 4.69) is 63.7 Å². The molecule has 12 heteroatoms. The number of rotatable bonds is 4. The molecule has 31 heavy (non-hydrogen) atoms. The first kappa shape index (κ1) is 25.7. The highest BCUT2D eigenvalue weighted by atomic mass is 79.9. The van der Waals surface area contributed by atoms with Gasteiger partial charge in [0.2, 0.25) is 0 Å². The van der Waals surface area contributed by atoms with Crippen molar-refractivity contribution in [3.8, 4) is 0 Å². The Balaban J connectivity index is 2.40. The summed E-state index contributed by atoms with van der Waals surface area (Å²) >= 11 is 14.6. The standard InChI is InChI=1S/C19H10Br4F6S2/c1-7-11(3-9(30-7)5-13(20)21)15-16(18(26,27)19(28,29)17(15,24)25)12-4-10(6-14(22)23)31-8(12)2/h3-6H,1-2H3. The molecule has 0 aliphatic heterocycles. The van der Waals surface area contributed by atoms with E-state index in [1.54, 1.807) is 0 Å². The van der Waals surface area contributed by atoms with Gasteiger partial charge in [-0.15, -0.1) is 22.7 Å². The molecule has 1 aliphatic rings. The minimum atomic E-state index is -5.58. The third-order valence-electron chi connectivity index (χ3n) is 4.58. The number of hydrogen-bond donors (Lipinski definition) is 0. The molecule has 168 valence electrons. The third-order valence-corrected chi connectivity index (χ3v) is 7.49. The second kappa shape index (κ2) is 8.72. The lowest BCUT2D eigenvalue weighted by Crippen LogP contribution is -2.48. The van der Waals surface area contributed by atoms with E-state index in [9.17, 15) is 26.3 Å².